The van der Waals surface area contributed by atoms with Gasteiger partial charge in [0.1, 0.15) is 12.4 Å². The van der Waals surface area contributed by atoms with E-state index >= 15 is 0 Å². The van der Waals surface area contributed by atoms with E-state index in [1.807, 2.05) is 56.3 Å². The number of benzene rings is 2. The number of piperidine rings is 1. The fourth-order valence-corrected chi connectivity index (χ4v) is 4.72. The summed E-state index contributed by atoms with van der Waals surface area (Å²) in [6.45, 7) is 6.69. The number of amides is 1. The molecule has 2 aromatic rings. The van der Waals surface area contributed by atoms with Crippen molar-refractivity contribution < 1.29 is 19.1 Å². The van der Waals surface area contributed by atoms with Gasteiger partial charge in [0.25, 0.3) is 0 Å². The predicted octanol–water partition coefficient (Wildman–Crippen LogP) is 3.08. The molecule has 2 aromatic carbocycles. The van der Waals surface area contributed by atoms with Gasteiger partial charge in [-0.3, -0.25) is 14.5 Å². The van der Waals surface area contributed by atoms with E-state index in [1.165, 1.54) is 7.11 Å². The van der Waals surface area contributed by atoms with Gasteiger partial charge in [0.15, 0.2) is 0 Å². The number of rotatable bonds is 6. The molecule has 4 rings (SSSR count). The van der Waals surface area contributed by atoms with Crippen molar-refractivity contribution in [3.05, 3.63) is 53.6 Å². The zero-order valence-electron chi connectivity index (χ0n) is 18.9. The Morgan fingerprint density at radius 2 is 1.84 bits per heavy atom. The third kappa shape index (κ3) is 3.93. The van der Waals surface area contributed by atoms with Gasteiger partial charge in [0, 0.05) is 17.9 Å². The van der Waals surface area contributed by atoms with E-state index in [0.29, 0.717) is 12.3 Å². The van der Waals surface area contributed by atoms with E-state index in [-0.39, 0.29) is 11.9 Å². The van der Waals surface area contributed by atoms with Crippen LogP contribution in [-0.4, -0.2) is 50.1 Å². The first-order valence-electron chi connectivity index (χ1n) is 11.0. The van der Waals surface area contributed by atoms with E-state index in [9.17, 15) is 9.59 Å². The van der Waals surface area contributed by atoms with Crippen molar-refractivity contribution in [2.24, 2.45) is 0 Å². The summed E-state index contributed by atoms with van der Waals surface area (Å²) >= 11 is 0. The molecule has 0 atom stereocenters. The van der Waals surface area contributed by atoms with Crippen LogP contribution in [-0.2, 0) is 25.2 Å². The number of nitrogens with zero attached hydrogens (tertiary/aromatic N) is 1. The lowest BCUT2D eigenvalue weighted by molar-refractivity contribution is -0.146. The first-order valence-corrected chi connectivity index (χ1v) is 11.0. The Balaban J connectivity index is 1.30. The van der Waals surface area contributed by atoms with Crippen molar-refractivity contribution in [3.63, 3.8) is 0 Å². The normalized spacial score (nSPS) is 17.7. The third-order valence-corrected chi connectivity index (χ3v) is 6.90. The molecular formula is C25H31N3O4. The standard InChI is InChI=1S/C25H31N3O4/c1-24(2,23(30)31-3)17-4-7-19(8-5-17)32-15-14-28-12-10-25(11-13-28)20-16-18(26)6-9-21(20)27-22(25)29/h4-9,16H,10-15,26H2,1-3H3,(H,27,29). The van der Waals surface area contributed by atoms with E-state index in [1.54, 1.807) is 0 Å². The van der Waals surface area contributed by atoms with Gasteiger partial charge >= 0.3 is 5.97 Å². The van der Waals surface area contributed by atoms with Gasteiger partial charge in [-0.1, -0.05) is 12.1 Å². The Morgan fingerprint density at radius 1 is 1.16 bits per heavy atom. The highest BCUT2D eigenvalue weighted by Crippen LogP contribution is 2.45. The molecule has 1 saturated heterocycles. The number of likely N-dealkylation sites (tertiary alicyclic amines) is 1. The van der Waals surface area contributed by atoms with Crippen LogP contribution in [0, 0.1) is 0 Å². The third-order valence-electron chi connectivity index (χ3n) is 6.90. The Bertz CT molecular complexity index is 1010. The van der Waals surface area contributed by atoms with Gasteiger partial charge in [0.05, 0.1) is 17.9 Å². The number of nitrogens with two attached hydrogens (primary N) is 1. The van der Waals surface area contributed by atoms with Crippen LogP contribution in [0.4, 0.5) is 11.4 Å². The minimum Gasteiger partial charge on any atom is -0.492 e. The molecule has 2 aliphatic heterocycles. The molecule has 0 unspecified atom stereocenters. The SMILES string of the molecule is COC(=O)C(C)(C)c1ccc(OCCN2CCC3(CC2)C(=O)Nc2ccc(N)cc23)cc1. The number of carbonyl (C=O) groups excluding carboxylic acids is 2. The smallest absolute Gasteiger partial charge is 0.315 e. The van der Waals surface area contributed by atoms with E-state index in [0.717, 1.165) is 55.0 Å². The predicted molar refractivity (Wildman–Crippen MR) is 124 cm³/mol. The molecule has 0 bridgehead atoms. The number of hydrogen-bond acceptors (Lipinski definition) is 6. The van der Waals surface area contributed by atoms with Crippen LogP contribution in [0.2, 0.25) is 0 Å². The van der Waals surface area contributed by atoms with Crippen molar-refractivity contribution in [2.75, 3.05) is 44.4 Å². The van der Waals surface area contributed by atoms with E-state index in [2.05, 4.69) is 10.2 Å². The highest BCUT2D eigenvalue weighted by atomic mass is 16.5. The van der Waals surface area contributed by atoms with Crippen molar-refractivity contribution in [1.29, 1.82) is 0 Å². The fourth-order valence-electron chi connectivity index (χ4n) is 4.72. The number of esters is 1. The summed E-state index contributed by atoms with van der Waals surface area (Å²) < 4.78 is 10.8. The van der Waals surface area contributed by atoms with Gasteiger partial charge in [-0.15, -0.1) is 0 Å². The summed E-state index contributed by atoms with van der Waals surface area (Å²) in [4.78, 5) is 27.1. The Morgan fingerprint density at radius 3 is 2.50 bits per heavy atom. The van der Waals surface area contributed by atoms with E-state index < -0.39 is 10.8 Å². The van der Waals surface area contributed by atoms with Crippen LogP contribution in [0.15, 0.2) is 42.5 Å². The molecule has 0 saturated carbocycles. The molecule has 7 heteroatoms. The van der Waals surface area contributed by atoms with Gasteiger partial charge in [0.2, 0.25) is 5.91 Å². The first kappa shape index (κ1) is 22.1. The summed E-state index contributed by atoms with van der Waals surface area (Å²) in [5, 5.41) is 3.02. The summed E-state index contributed by atoms with van der Waals surface area (Å²) in [6, 6.07) is 13.2. The molecule has 1 spiro atoms. The molecular weight excluding hydrogens is 406 g/mol. The molecule has 0 aliphatic carbocycles. The Hall–Kier alpha value is -3.06. The van der Waals surface area contributed by atoms with Crippen molar-refractivity contribution in [3.8, 4) is 5.75 Å². The number of nitrogens with one attached hydrogen (secondary N) is 1. The Labute approximate surface area is 188 Å². The van der Waals surface area contributed by atoms with Crippen LogP contribution in [0.5, 0.6) is 5.75 Å². The van der Waals surface area contributed by atoms with Crippen LogP contribution < -0.4 is 15.8 Å². The van der Waals surface area contributed by atoms with Crippen molar-refractivity contribution in [1.82, 2.24) is 4.90 Å². The average molecular weight is 438 g/mol. The zero-order chi connectivity index (χ0) is 22.9. The lowest BCUT2D eigenvalue weighted by atomic mass is 9.73. The topological polar surface area (TPSA) is 93.9 Å². The lowest BCUT2D eigenvalue weighted by Gasteiger charge is -2.38. The average Bonchev–Trinajstić information content (AvgIpc) is 3.05. The van der Waals surface area contributed by atoms with Gasteiger partial charge < -0.3 is 20.5 Å². The lowest BCUT2D eigenvalue weighted by Crippen LogP contribution is -2.47. The van der Waals surface area contributed by atoms with Gasteiger partial charge in [-0.25, -0.2) is 0 Å². The molecule has 2 aliphatic rings. The second-order valence-corrected chi connectivity index (χ2v) is 9.17. The molecule has 1 fully saturated rings. The molecule has 3 N–H and O–H groups in total. The molecule has 0 radical (unpaired) electrons. The van der Waals surface area contributed by atoms with E-state index in [4.69, 9.17) is 15.2 Å². The zero-order valence-corrected chi connectivity index (χ0v) is 18.9. The maximum Gasteiger partial charge on any atom is 0.315 e. The summed E-state index contributed by atoms with van der Waals surface area (Å²) in [5.41, 5.74) is 8.31. The van der Waals surface area contributed by atoms with Crippen LogP contribution in [0.3, 0.4) is 0 Å². The minimum absolute atomic E-state index is 0.0870. The monoisotopic (exact) mass is 437 g/mol. The number of carbonyl (C=O) groups is 2. The number of ether oxygens (including phenoxy) is 2. The molecule has 7 nitrogen and oxygen atoms in total. The molecule has 1 amide bonds. The quantitative estimate of drug-likeness (QED) is 0.533. The number of nitrogen functional groups attached to an aromatic ring is 1. The van der Waals surface area contributed by atoms with Crippen molar-refractivity contribution in [2.45, 2.75) is 37.5 Å². The number of methoxy groups -OCH3 is 1. The number of fused-ring (bicyclic) bond motifs is 2. The molecule has 32 heavy (non-hydrogen) atoms. The molecule has 170 valence electrons. The minimum atomic E-state index is -0.702. The molecule has 0 aromatic heterocycles. The van der Waals surface area contributed by atoms with Crippen LogP contribution in [0.1, 0.15) is 37.8 Å². The highest BCUT2D eigenvalue weighted by Gasteiger charge is 2.48. The molecule has 2 heterocycles. The fraction of sp³-hybridized carbons (Fsp3) is 0.440. The van der Waals surface area contributed by atoms with Gasteiger partial charge in [-0.2, -0.15) is 0 Å². The largest absolute Gasteiger partial charge is 0.492 e. The van der Waals surface area contributed by atoms with Crippen LogP contribution in [0.25, 0.3) is 0 Å². The summed E-state index contributed by atoms with van der Waals surface area (Å²) in [6.07, 6.45) is 1.54. The summed E-state index contributed by atoms with van der Waals surface area (Å²) in [7, 11) is 1.40. The summed E-state index contributed by atoms with van der Waals surface area (Å²) in [5.74, 6) is 0.585. The first-order chi connectivity index (χ1) is 15.3. The van der Waals surface area contributed by atoms with Crippen molar-refractivity contribution >= 4 is 23.3 Å². The van der Waals surface area contributed by atoms with Crippen LogP contribution >= 0.6 is 0 Å². The second kappa shape index (κ2) is 8.47. The second-order valence-electron chi connectivity index (χ2n) is 9.17. The Kier molecular flexibility index (Phi) is 5.86. The number of anilines is 2. The van der Waals surface area contributed by atoms with Gasteiger partial charge in [-0.05, 0) is 81.2 Å². The maximum atomic E-state index is 12.8. The highest BCUT2D eigenvalue weighted by molar-refractivity contribution is 6.06. The maximum absolute atomic E-state index is 12.8. The number of hydrogen-bond donors (Lipinski definition) is 2.